The van der Waals surface area contributed by atoms with Crippen LogP contribution in [0.2, 0.25) is 0 Å². The highest BCUT2D eigenvalue weighted by Gasteiger charge is 2.42. The number of hydrogen-bond donors (Lipinski definition) is 2. The average molecular weight is 566 g/mol. The minimum Gasteiger partial charge on any atom is -0.351 e. The van der Waals surface area contributed by atoms with E-state index >= 15 is 0 Å². The summed E-state index contributed by atoms with van der Waals surface area (Å²) in [5, 5.41) is 7.30. The van der Waals surface area contributed by atoms with Crippen molar-refractivity contribution >= 4 is 34.6 Å². The fourth-order valence-electron chi connectivity index (χ4n) is 5.92. The van der Waals surface area contributed by atoms with Gasteiger partial charge < -0.3 is 20.1 Å². The number of anilines is 2. The van der Waals surface area contributed by atoms with Gasteiger partial charge in [0.15, 0.2) is 5.11 Å². The third kappa shape index (κ3) is 5.26. The Balaban J connectivity index is 1.65. The number of nitrogens with one attached hydrogen (secondary N) is 2. The quantitative estimate of drug-likeness (QED) is 0.228. The lowest BCUT2D eigenvalue weighted by atomic mass is 9.96. The molecule has 2 N–H and O–H groups in total. The summed E-state index contributed by atoms with van der Waals surface area (Å²) < 4.78 is 2.40. The van der Waals surface area contributed by atoms with E-state index in [1.165, 1.54) is 33.8 Å². The summed E-state index contributed by atoms with van der Waals surface area (Å²) in [5.41, 5.74) is 11.1. The van der Waals surface area contributed by atoms with Gasteiger partial charge in [-0.15, -0.1) is 0 Å². The smallest absolute Gasteiger partial charge is 0.226 e. The first-order chi connectivity index (χ1) is 19.6. The number of aryl methyl sites for hydroxylation is 4. The molecule has 1 amide bonds. The van der Waals surface area contributed by atoms with Crippen LogP contribution < -0.4 is 15.5 Å². The molecular weight excluding hydrogens is 526 g/mol. The minimum atomic E-state index is -0.138. The summed E-state index contributed by atoms with van der Waals surface area (Å²) in [5.74, 6) is -0.0907. The second-order valence-corrected chi connectivity index (χ2v) is 11.6. The summed E-state index contributed by atoms with van der Waals surface area (Å²) in [6, 6.07) is 20.7. The van der Waals surface area contributed by atoms with Crippen molar-refractivity contribution in [1.82, 2.24) is 14.9 Å². The van der Waals surface area contributed by atoms with Crippen molar-refractivity contribution in [2.45, 2.75) is 67.0 Å². The van der Waals surface area contributed by atoms with Gasteiger partial charge in [0, 0.05) is 34.9 Å². The predicted octanol–water partition coefficient (Wildman–Crippen LogP) is 7.44. The van der Waals surface area contributed by atoms with Gasteiger partial charge in [-0.3, -0.25) is 9.78 Å². The van der Waals surface area contributed by atoms with E-state index in [-0.39, 0.29) is 23.9 Å². The average Bonchev–Trinajstić information content (AvgIpc) is 3.44. The van der Waals surface area contributed by atoms with Crippen molar-refractivity contribution in [2.75, 3.05) is 10.2 Å². The van der Waals surface area contributed by atoms with Gasteiger partial charge in [-0.25, -0.2) is 0 Å². The summed E-state index contributed by atoms with van der Waals surface area (Å²) in [7, 11) is 0. The molecule has 1 fully saturated rings. The molecule has 0 saturated carbocycles. The lowest BCUT2D eigenvalue weighted by molar-refractivity contribution is -0.118. The third-order valence-electron chi connectivity index (χ3n) is 8.08. The highest BCUT2D eigenvalue weighted by Crippen LogP contribution is 2.44. The van der Waals surface area contributed by atoms with Crippen LogP contribution in [0.25, 0.3) is 5.69 Å². The van der Waals surface area contributed by atoms with Crippen LogP contribution in [0.1, 0.15) is 72.2 Å². The van der Waals surface area contributed by atoms with Crippen molar-refractivity contribution in [3.05, 3.63) is 106 Å². The van der Waals surface area contributed by atoms with Gasteiger partial charge in [-0.1, -0.05) is 45.0 Å². The third-order valence-corrected chi connectivity index (χ3v) is 8.40. The Labute approximate surface area is 248 Å². The SMILES string of the molecule is CCc1cccc(C)c1-n1c(C)cc([C@H]2[C@H](c3ccccn3)NC(=S)N2c2ccc(NC(=O)C(C)C)c(C)c2)c1C. The Morgan fingerprint density at radius 2 is 1.80 bits per heavy atom. The molecule has 1 aliphatic heterocycles. The highest BCUT2D eigenvalue weighted by atomic mass is 32.1. The van der Waals surface area contributed by atoms with Gasteiger partial charge in [0.1, 0.15) is 0 Å². The largest absolute Gasteiger partial charge is 0.351 e. The van der Waals surface area contributed by atoms with E-state index < -0.39 is 0 Å². The fourth-order valence-corrected chi connectivity index (χ4v) is 6.27. The Bertz CT molecular complexity index is 1610. The van der Waals surface area contributed by atoms with Crippen molar-refractivity contribution in [1.29, 1.82) is 0 Å². The Morgan fingerprint density at radius 1 is 1.02 bits per heavy atom. The number of amides is 1. The van der Waals surface area contributed by atoms with E-state index in [0.717, 1.165) is 29.1 Å². The molecule has 0 unspecified atom stereocenters. The van der Waals surface area contributed by atoms with Crippen LogP contribution in [0.5, 0.6) is 0 Å². The van der Waals surface area contributed by atoms with Crippen LogP contribution in [-0.2, 0) is 11.2 Å². The number of carbonyl (C=O) groups is 1. The molecule has 0 aliphatic carbocycles. The van der Waals surface area contributed by atoms with Crippen molar-refractivity contribution < 1.29 is 4.79 Å². The van der Waals surface area contributed by atoms with E-state index in [0.29, 0.717) is 5.11 Å². The number of para-hydroxylation sites is 1. The zero-order valence-corrected chi connectivity index (χ0v) is 25.8. The number of pyridine rings is 1. The van der Waals surface area contributed by atoms with Crippen LogP contribution in [0, 0.1) is 33.6 Å². The molecule has 0 radical (unpaired) electrons. The second kappa shape index (κ2) is 11.5. The highest BCUT2D eigenvalue weighted by molar-refractivity contribution is 7.80. The molecule has 2 aromatic carbocycles. The van der Waals surface area contributed by atoms with E-state index in [9.17, 15) is 4.79 Å². The molecule has 1 saturated heterocycles. The summed E-state index contributed by atoms with van der Waals surface area (Å²) in [6.07, 6.45) is 2.79. The molecule has 6 nitrogen and oxygen atoms in total. The zero-order chi connectivity index (χ0) is 29.4. The van der Waals surface area contributed by atoms with Gasteiger partial charge in [-0.05, 0) is 105 Å². The van der Waals surface area contributed by atoms with Gasteiger partial charge in [-0.2, -0.15) is 0 Å². The first-order valence-corrected chi connectivity index (χ1v) is 14.7. The fraction of sp³-hybridized carbons (Fsp3) is 0.324. The molecule has 2 atom stereocenters. The molecule has 5 rings (SSSR count). The molecule has 212 valence electrons. The first kappa shape index (κ1) is 28.6. The zero-order valence-electron chi connectivity index (χ0n) is 24.9. The van der Waals surface area contributed by atoms with Crippen molar-refractivity contribution in [2.24, 2.45) is 5.92 Å². The molecule has 7 heteroatoms. The lowest BCUT2D eigenvalue weighted by Gasteiger charge is -2.29. The van der Waals surface area contributed by atoms with Crippen LogP contribution in [-0.4, -0.2) is 20.6 Å². The number of nitrogens with zero attached hydrogens (tertiary/aromatic N) is 3. The number of hydrogen-bond acceptors (Lipinski definition) is 3. The van der Waals surface area contributed by atoms with Crippen LogP contribution in [0.3, 0.4) is 0 Å². The van der Waals surface area contributed by atoms with Crippen molar-refractivity contribution in [3.63, 3.8) is 0 Å². The molecule has 0 bridgehead atoms. The standard InChI is InChI=1S/C34H39N5OS/c1-8-25-13-11-12-21(4)31(25)38-23(6)19-27(24(38)7)32-30(29-14-9-10-17-35-29)37-34(41)39(32)26-15-16-28(22(5)18-26)36-33(40)20(2)3/h9-20,30,32H,8H2,1-7H3,(H,36,40)(H,37,41)/t30-,32-/m0/s1. The molecular formula is C34H39N5OS. The second-order valence-electron chi connectivity index (χ2n) is 11.2. The summed E-state index contributed by atoms with van der Waals surface area (Å²) >= 11 is 6.00. The molecule has 2 aromatic heterocycles. The Kier molecular flexibility index (Phi) is 8.00. The van der Waals surface area contributed by atoms with Gasteiger partial charge in [0.25, 0.3) is 0 Å². The van der Waals surface area contributed by atoms with Gasteiger partial charge >= 0.3 is 0 Å². The summed E-state index contributed by atoms with van der Waals surface area (Å²) in [6.45, 7) is 14.6. The van der Waals surface area contributed by atoms with Gasteiger partial charge in [0.05, 0.1) is 23.5 Å². The van der Waals surface area contributed by atoms with Crippen LogP contribution in [0.4, 0.5) is 11.4 Å². The number of aromatic nitrogens is 2. The molecule has 1 aliphatic rings. The number of rotatable bonds is 7. The van der Waals surface area contributed by atoms with E-state index in [2.05, 4.69) is 84.2 Å². The Morgan fingerprint density at radius 3 is 2.46 bits per heavy atom. The van der Waals surface area contributed by atoms with Crippen LogP contribution >= 0.6 is 12.2 Å². The Hall–Kier alpha value is -3.97. The number of benzene rings is 2. The number of carbonyl (C=O) groups excluding carboxylic acids is 1. The van der Waals surface area contributed by atoms with E-state index in [1.54, 1.807) is 0 Å². The first-order valence-electron chi connectivity index (χ1n) is 14.3. The lowest BCUT2D eigenvalue weighted by Crippen LogP contribution is -2.29. The normalized spacial score (nSPS) is 16.8. The van der Waals surface area contributed by atoms with Crippen LogP contribution in [0.15, 0.2) is 66.9 Å². The monoisotopic (exact) mass is 565 g/mol. The molecule has 0 spiro atoms. The maximum Gasteiger partial charge on any atom is 0.226 e. The predicted molar refractivity (Wildman–Crippen MR) is 172 cm³/mol. The minimum absolute atomic E-state index is 0.00222. The van der Waals surface area contributed by atoms with E-state index in [4.69, 9.17) is 17.2 Å². The molecule has 3 heterocycles. The maximum atomic E-state index is 12.4. The number of thiocarbonyl (C=S) groups is 1. The van der Waals surface area contributed by atoms with Gasteiger partial charge in [0.2, 0.25) is 5.91 Å². The molecule has 4 aromatic rings. The maximum absolute atomic E-state index is 12.4. The molecule has 41 heavy (non-hydrogen) atoms. The van der Waals surface area contributed by atoms with Crippen molar-refractivity contribution in [3.8, 4) is 5.69 Å². The van der Waals surface area contributed by atoms with E-state index in [1.807, 2.05) is 51.2 Å². The summed E-state index contributed by atoms with van der Waals surface area (Å²) in [4.78, 5) is 19.3. The topological polar surface area (TPSA) is 62.2 Å².